The van der Waals surface area contributed by atoms with E-state index in [0.717, 1.165) is 21.7 Å². The van der Waals surface area contributed by atoms with Gasteiger partial charge in [0.2, 0.25) is 0 Å². The van der Waals surface area contributed by atoms with E-state index in [9.17, 15) is 0 Å². The Morgan fingerprint density at radius 2 is 2.19 bits per heavy atom. The number of ether oxygens (including phenoxy) is 1. The Morgan fingerprint density at radius 1 is 1.31 bits per heavy atom. The van der Waals surface area contributed by atoms with E-state index in [4.69, 9.17) is 16.3 Å². The summed E-state index contributed by atoms with van der Waals surface area (Å²) in [4.78, 5) is 1.22. The first-order valence-electron chi connectivity index (χ1n) is 4.79. The zero-order chi connectivity index (χ0) is 11.4. The van der Waals surface area contributed by atoms with Gasteiger partial charge >= 0.3 is 0 Å². The minimum absolute atomic E-state index is 0.610. The fourth-order valence-electron chi connectivity index (χ4n) is 1.34. The van der Waals surface area contributed by atoms with E-state index in [0.29, 0.717) is 6.61 Å². The number of alkyl halides is 1. The predicted molar refractivity (Wildman–Crippen MR) is 72.7 cm³/mol. The van der Waals surface area contributed by atoms with Crippen molar-refractivity contribution in [3.63, 3.8) is 0 Å². The van der Waals surface area contributed by atoms with Crippen LogP contribution in [0.1, 0.15) is 10.4 Å². The van der Waals surface area contributed by atoms with Crippen LogP contribution in [0.3, 0.4) is 0 Å². The lowest BCUT2D eigenvalue weighted by molar-refractivity contribution is 0.307. The minimum atomic E-state index is 0.610. The average molecular weight is 318 g/mol. The highest BCUT2D eigenvalue weighted by Crippen LogP contribution is 2.26. The summed E-state index contributed by atoms with van der Waals surface area (Å²) in [5, 5.41) is 3.53. The van der Waals surface area contributed by atoms with Crippen molar-refractivity contribution in [2.24, 2.45) is 0 Å². The Kier molecular flexibility index (Phi) is 4.27. The summed E-state index contributed by atoms with van der Waals surface area (Å²) in [6, 6.07) is 9.76. The molecule has 1 nitrogen and oxygen atoms in total. The van der Waals surface area contributed by atoms with E-state index in [2.05, 4.69) is 22.0 Å². The first-order chi connectivity index (χ1) is 7.79. The van der Waals surface area contributed by atoms with Crippen LogP contribution in [0.4, 0.5) is 0 Å². The van der Waals surface area contributed by atoms with E-state index in [1.54, 1.807) is 11.3 Å². The molecule has 1 aromatic carbocycles. The SMILES string of the molecule is Clc1ccc(OCc2cccs2)c(CBr)c1. The van der Waals surface area contributed by atoms with Gasteiger partial charge in [0, 0.05) is 20.8 Å². The fourth-order valence-corrected chi connectivity index (χ4v) is 2.59. The number of hydrogen-bond donors (Lipinski definition) is 0. The Morgan fingerprint density at radius 3 is 2.88 bits per heavy atom. The maximum absolute atomic E-state index is 5.92. The summed E-state index contributed by atoms with van der Waals surface area (Å²) < 4.78 is 5.75. The molecule has 0 N–H and O–H groups in total. The minimum Gasteiger partial charge on any atom is -0.488 e. The van der Waals surface area contributed by atoms with Gasteiger partial charge in [-0.15, -0.1) is 11.3 Å². The molecule has 4 heteroatoms. The topological polar surface area (TPSA) is 9.23 Å². The average Bonchev–Trinajstić information content (AvgIpc) is 2.80. The smallest absolute Gasteiger partial charge is 0.123 e. The molecular formula is C12H10BrClOS. The molecule has 2 aromatic rings. The second-order valence-corrected chi connectivity index (χ2v) is 5.28. The monoisotopic (exact) mass is 316 g/mol. The summed E-state index contributed by atoms with van der Waals surface area (Å²) in [5.41, 5.74) is 1.07. The van der Waals surface area contributed by atoms with Gasteiger partial charge in [0.1, 0.15) is 12.4 Å². The normalized spacial score (nSPS) is 10.4. The first-order valence-corrected chi connectivity index (χ1v) is 7.17. The molecule has 2 rings (SSSR count). The van der Waals surface area contributed by atoms with E-state index >= 15 is 0 Å². The lowest BCUT2D eigenvalue weighted by atomic mass is 10.2. The molecule has 16 heavy (non-hydrogen) atoms. The van der Waals surface area contributed by atoms with E-state index in [-0.39, 0.29) is 0 Å². The molecule has 0 amide bonds. The van der Waals surface area contributed by atoms with Crippen LogP contribution >= 0.6 is 38.9 Å². The van der Waals surface area contributed by atoms with Gasteiger partial charge in [-0.1, -0.05) is 33.6 Å². The molecule has 0 aliphatic heterocycles. The van der Waals surface area contributed by atoms with Gasteiger partial charge in [-0.3, -0.25) is 0 Å². The van der Waals surface area contributed by atoms with E-state index in [1.165, 1.54) is 4.88 Å². The summed E-state index contributed by atoms with van der Waals surface area (Å²) in [6.45, 7) is 0.610. The van der Waals surface area contributed by atoms with Crippen LogP contribution in [0.15, 0.2) is 35.7 Å². The zero-order valence-corrected chi connectivity index (χ0v) is 11.6. The van der Waals surface area contributed by atoms with Gasteiger partial charge < -0.3 is 4.74 Å². The number of thiophene rings is 1. The highest BCUT2D eigenvalue weighted by atomic mass is 79.9. The molecule has 0 atom stereocenters. The van der Waals surface area contributed by atoms with Crippen LogP contribution < -0.4 is 4.74 Å². The van der Waals surface area contributed by atoms with Crippen molar-refractivity contribution in [2.75, 3.05) is 0 Å². The maximum atomic E-state index is 5.92. The number of benzene rings is 1. The van der Waals surface area contributed by atoms with Gasteiger partial charge in [-0.05, 0) is 29.6 Å². The van der Waals surface area contributed by atoms with Gasteiger partial charge in [0.25, 0.3) is 0 Å². The summed E-state index contributed by atoms with van der Waals surface area (Å²) in [6.07, 6.45) is 0. The largest absolute Gasteiger partial charge is 0.488 e. The van der Waals surface area contributed by atoms with Crippen LogP contribution in [0.25, 0.3) is 0 Å². The molecule has 0 bridgehead atoms. The standard InChI is InChI=1S/C12H10BrClOS/c13-7-9-6-10(14)3-4-12(9)15-8-11-2-1-5-16-11/h1-6H,7-8H2. The first kappa shape index (κ1) is 12.0. The third-order valence-corrected chi connectivity index (χ3v) is 3.81. The van der Waals surface area contributed by atoms with Crippen molar-refractivity contribution in [1.29, 1.82) is 0 Å². The van der Waals surface area contributed by atoms with Crippen LogP contribution in [-0.4, -0.2) is 0 Å². The molecule has 0 fully saturated rings. The zero-order valence-electron chi connectivity index (χ0n) is 8.45. The third kappa shape index (κ3) is 3.00. The van der Waals surface area contributed by atoms with Gasteiger partial charge in [-0.2, -0.15) is 0 Å². The van der Waals surface area contributed by atoms with Crippen LogP contribution in [-0.2, 0) is 11.9 Å². The molecular weight excluding hydrogens is 308 g/mol. The highest BCUT2D eigenvalue weighted by Gasteiger charge is 2.04. The van der Waals surface area contributed by atoms with Crippen molar-refractivity contribution in [1.82, 2.24) is 0 Å². The van der Waals surface area contributed by atoms with Crippen molar-refractivity contribution in [3.05, 3.63) is 51.2 Å². The molecule has 1 heterocycles. The lowest BCUT2D eigenvalue weighted by Crippen LogP contribution is -1.95. The van der Waals surface area contributed by atoms with E-state index < -0.39 is 0 Å². The Bertz CT molecular complexity index is 456. The number of halogens is 2. The van der Waals surface area contributed by atoms with Crippen molar-refractivity contribution >= 4 is 38.9 Å². The number of rotatable bonds is 4. The molecule has 0 aliphatic carbocycles. The van der Waals surface area contributed by atoms with E-state index in [1.807, 2.05) is 29.6 Å². The predicted octanol–water partition coefficient (Wildman–Crippen LogP) is 4.88. The van der Waals surface area contributed by atoms with Crippen LogP contribution in [0, 0.1) is 0 Å². The Hall–Kier alpha value is -0.510. The van der Waals surface area contributed by atoms with Gasteiger partial charge in [0.05, 0.1) is 0 Å². The Labute approximate surface area is 112 Å². The van der Waals surface area contributed by atoms with Crippen LogP contribution in [0.5, 0.6) is 5.75 Å². The summed E-state index contributed by atoms with van der Waals surface area (Å²) in [7, 11) is 0. The number of hydrogen-bond acceptors (Lipinski definition) is 2. The summed E-state index contributed by atoms with van der Waals surface area (Å²) >= 11 is 11.0. The van der Waals surface area contributed by atoms with Crippen molar-refractivity contribution in [2.45, 2.75) is 11.9 Å². The van der Waals surface area contributed by atoms with Crippen LogP contribution in [0.2, 0.25) is 5.02 Å². The molecule has 0 radical (unpaired) electrons. The maximum Gasteiger partial charge on any atom is 0.123 e. The third-order valence-electron chi connectivity index (χ3n) is 2.12. The molecule has 0 aliphatic rings. The second-order valence-electron chi connectivity index (χ2n) is 3.25. The van der Waals surface area contributed by atoms with Gasteiger partial charge in [0.15, 0.2) is 0 Å². The second kappa shape index (κ2) is 5.71. The van der Waals surface area contributed by atoms with Gasteiger partial charge in [-0.25, -0.2) is 0 Å². The Balaban J connectivity index is 2.09. The van der Waals surface area contributed by atoms with Crippen molar-refractivity contribution < 1.29 is 4.74 Å². The molecule has 0 saturated heterocycles. The molecule has 0 unspecified atom stereocenters. The highest BCUT2D eigenvalue weighted by molar-refractivity contribution is 9.08. The molecule has 1 aromatic heterocycles. The molecule has 0 saturated carbocycles. The molecule has 0 spiro atoms. The molecule has 84 valence electrons. The summed E-state index contributed by atoms with van der Waals surface area (Å²) in [5.74, 6) is 0.884. The fraction of sp³-hybridized carbons (Fsp3) is 0.167. The van der Waals surface area contributed by atoms with Crippen molar-refractivity contribution in [3.8, 4) is 5.75 Å². The quantitative estimate of drug-likeness (QED) is 0.731. The lowest BCUT2D eigenvalue weighted by Gasteiger charge is -2.09.